The summed E-state index contributed by atoms with van der Waals surface area (Å²) in [5.41, 5.74) is 6.54. The molecule has 1 saturated heterocycles. The van der Waals surface area contributed by atoms with E-state index < -0.39 is 0 Å². The molecular weight excluding hydrogens is 198 g/mol. The van der Waals surface area contributed by atoms with Gasteiger partial charge in [-0.05, 0) is 43.9 Å². The van der Waals surface area contributed by atoms with Crippen molar-refractivity contribution in [2.45, 2.75) is 57.5 Å². The summed E-state index contributed by atoms with van der Waals surface area (Å²) < 4.78 is 6.06. The third kappa shape index (κ3) is 1.70. The van der Waals surface area contributed by atoms with Crippen LogP contribution in [-0.2, 0) is 4.74 Å². The van der Waals surface area contributed by atoms with Gasteiger partial charge in [-0.1, -0.05) is 19.3 Å². The lowest BCUT2D eigenvalue weighted by atomic mass is 9.64. The summed E-state index contributed by atoms with van der Waals surface area (Å²) in [5.74, 6) is 1.72. The normalized spacial score (nSPS) is 41.4. The van der Waals surface area contributed by atoms with Crippen LogP contribution < -0.4 is 5.73 Å². The van der Waals surface area contributed by atoms with Gasteiger partial charge in [0.15, 0.2) is 0 Å². The van der Waals surface area contributed by atoms with Crippen molar-refractivity contribution in [2.75, 3.05) is 13.2 Å². The van der Waals surface area contributed by atoms with Gasteiger partial charge >= 0.3 is 0 Å². The Morgan fingerprint density at radius 1 is 1.06 bits per heavy atom. The Bertz CT molecular complexity index is 245. The van der Waals surface area contributed by atoms with Crippen molar-refractivity contribution in [3.8, 4) is 0 Å². The molecule has 0 radical (unpaired) electrons. The fraction of sp³-hybridized carbons (Fsp3) is 1.00. The first-order chi connectivity index (χ1) is 7.87. The van der Waals surface area contributed by atoms with E-state index in [1.54, 1.807) is 0 Å². The van der Waals surface area contributed by atoms with Gasteiger partial charge in [-0.25, -0.2) is 0 Å². The highest BCUT2D eigenvalue weighted by atomic mass is 16.5. The van der Waals surface area contributed by atoms with Crippen LogP contribution in [0.5, 0.6) is 0 Å². The fourth-order valence-electron chi connectivity index (χ4n) is 4.19. The molecule has 0 amide bonds. The third-order valence-electron chi connectivity index (χ3n) is 5.28. The molecular formula is C14H25NO. The number of rotatable bonds is 3. The summed E-state index contributed by atoms with van der Waals surface area (Å²) in [6.45, 7) is 1.83. The molecule has 0 spiro atoms. The summed E-state index contributed by atoms with van der Waals surface area (Å²) in [5, 5.41) is 0. The Kier molecular flexibility index (Phi) is 2.97. The number of nitrogens with two attached hydrogens (primary N) is 1. The maximum atomic E-state index is 6.18. The van der Waals surface area contributed by atoms with E-state index in [9.17, 15) is 0 Å². The Morgan fingerprint density at radius 3 is 2.44 bits per heavy atom. The molecule has 0 aromatic heterocycles. The zero-order valence-corrected chi connectivity index (χ0v) is 10.3. The van der Waals surface area contributed by atoms with Crippen LogP contribution in [0.3, 0.4) is 0 Å². The molecule has 0 aromatic carbocycles. The third-order valence-corrected chi connectivity index (χ3v) is 5.28. The smallest absolute Gasteiger partial charge is 0.0674 e. The summed E-state index contributed by atoms with van der Waals surface area (Å²) in [6.07, 6.45) is 11.6. The van der Waals surface area contributed by atoms with Gasteiger partial charge in [0, 0.05) is 18.6 Å². The SMILES string of the molecule is NCC1(C2CCCCC2)CCOC1C1CC1. The average Bonchev–Trinajstić information content (AvgIpc) is 3.10. The molecule has 2 atom stereocenters. The zero-order chi connectivity index (χ0) is 11.0. The van der Waals surface area contributed by atoms with Gasteiger partial charge in [0.2, 0.25) is 0 Å². The standard InChI is InChI=1S/C14H25NO/c15-10-14(12-4-2-1-3-5-12)8-9-16-13(14)11-6-7-11/h11-13H,1-10,15H2. The molecule has 0 bridgehead atoms. The van der Waals surface area contributed by atoms with E-state index in [1.165, 1.54) is 51.4 Å². The summed E-state index contributed by atoms with van der Waals surface area (Å²) in [7, 11) is 0. The molecule has 2 aliphatic carbocycles. The summed E-state index contributed by atoms with van der Waals surface area (Å²) >= 11 is 0. The van der Waals surface area contributed by atoms with Gasteiger partial charge in [0.25, 0.3) is 0 Å². The van der Waals surface area contributed by atoms with Crippen molar-refractivity contribution in [2.24, 2.45) is 23.0 Å². The number of hydrogen-bond acceptors (Lipinski definition) is 2. The molecule has 1 heterocycles. The summed E-state index contributed by atoms with van der Waals surface area (Å²) in [6, 6.07) is 0. The lowest BCUT2D eigenvalue weighted by Crippen LogP contribution is -2.46. The van der Waals surface area contributed by atoms with Crippen molar-refractivity contribution in [3.05, 3.63) is 0 Å². The van der Waals surface area contributed by atoms with Crippen LogP contribution in [0.2, 0.25) is 0 Å². The van der Waals surface area contributed by atoms with Crippen LogP contribution in [0.15, 0.2) is 0 Å². The van der Waals surface area contributed by atoms with Gasteiger partial charge in [0.1, 0.15) is 0 Å². The van der Waals surface area contributed by atoms with Crippen molar-refractivity contribution in [3.63, 3.8) is 0 Å². The second kappa shape index (κ2) is 4.30. The Labute approximate surface area is 98.9 Å². The Morgan fingerprint density at radius 2 is 1.81 bits per heavy atom. The summed E-state index contributed by atoms with van der Waals surface area (Å²) in [4.78, 5) is 0. The van der Waals surface area contributed by atoms with Gasteiger partial charge in [-0.15, -0.1) is 0 Å². The molecule has 2 nitrogen and oxygen atoms in total. The van der Waals surface area contributed by atoms with Gasteiger partial charge in [-0.3, -0.25) is 0 Å². The first kappa shape index (κ1) is 11.0. The predicted octanol–water partition coefficient (Wildman–Crippen LogP) is 2.71. The van der Waals surface area contributed by atoms with Crippen molar-refractivity contribution >= 4 is 0 Å². The second-order valence-electron chi connectivity index (χ2n) is 6.15. The van der Waals surface area contributed by atoms with Gasteiger partial charge in [-0.2, -0.15) is 0 Å². The fourth-order valence-corrected chi connectivity index (χ4v) is 4.19. The lowest BCUT2D eigenvalue weighted by Gasteiger charge is -2.42. The minimum absolute atomic E-state index is 0.363. The Hall–Kier alpha value is -0.0800. The highest BCUT2D eigenvalue weighted by Gasteiger charge is 2.53. The molecule has 16 heavy (non-hydrogen) atoms. The highest BCUT2D eigenvalue weighted by molar-refractivity contribution is 5.03. The van der Waals surface area contributed by atoms with Crippen LogP contribution in [0, 0.1) is 17.3 Å². The monoisotopic (exact) mass is 223 g/mol. The van der Waals surface area contributed by atoms with Gasteiger partial charge in [0.05, 0.1) is 6.10 Å². The molecule has 0 aromatic rings. The molecule has 3 aliphatic rings. The molecule has 92 valence electrons. The second-order valence-corrected chi connectivity index (χ2v) is 6.15. The molecule has 1 aliphatic heterocycles. The van der Waals surface area contributed by atoms with E-state index in [1.807, 2.05) is 0 Å². The van der Waals surface area contributed by atoms with Crippen LogP contribution in [0.1, 0.15) is 51.4 Å². The van der Waals surface area contributed by atoms with E-state index in [-0.39, 0.29) is 0 Å². The molecule has 2 unspecified atom stereocenters. The van der Waals surface area contributed by atoms with Crippen molar-refractivity contribution < 1.29 is 4.74 Å². The topological polar surface area (TPSA) is 35.2 Å². The first-order valence-corrected chi connectivity index (χ1v) is 7.18. The molecule has 2 N–H and O–H groups in total. The van der Waals surface area contributed by atoms with Gasteiger partial charge < -0.3 is 10.5 Å². The van der Waals surface area contributed by atoms with E-state index in [2.05, 4.69) is 0 Å². The van der Waals surface area contributed by atoms with Crippen molar-refractivity contribution in [1.82, 2.24) is 0 Å². The molecule has 3 fully saturated rings. The molecule has 3 rings (SSSR count). The number of ether oxygens (including phenoxy) is 1. The van der Waals surface area contributed by atoms with E-state index >= 15 is 0 Å². The van der Waals surface area contributed by atoms with Crippen LogP contribution >= 0.6 is 0 Å². The lowest BCUT2D eigenvalue weighted by molar-refractivity contribution is -0.00638. The average molecular weight is 223 g/mol. The zero-order valence-electron chi connectivity index (χ0n) is 10.3. The van der Waals surface area contributed by atoms with E-state index in [4.69, 9.17) is 10.5 Å². The van der Waals surface area contributed by atoms with Crippen molar-refractivity contribution in [1.29, 1.82) is 0 Å². The molecule has 2 heteroatoms. The van der Waals surface area contributed by atoms with Crippen LogP contribution in [-0.4, -0.2) is 19.3 Å². The van der Waals surface area contributed by atoms with Crippen LogP contribution in [0.4, 0.5) is 0 Å². The predicted molar refractivity (Wildman–Crippen MR) is 65.1 cm³/mol. The van der Waals surface area contributed by atoms with E-state index in [0.29, 0.717) is 11.5 Å². The number of hydrogen-bond donors (Lipinski definition) is 1. The first-order valence-electron chi connectivity index (χ1n) is 7.18. The quantitative estimate of drug-likeness (QED) is 0.798. The Balaban J connectivity index is 1.79. The minimum atomic E-state index is 0.363. The minimum Gasteiger partial charge on any atom is -0.377 e. The molecule has 2 saturated carbocycles. The van der Waals surface area contributed by atoms with E-state index in [0.717, 1.165) is 25.0 Å². The maximum Gasteiger partial charge on any atom is 0.0674 e. The van der Waals surface area contributed by atoms with Crippen LogP contribution in [0.25, 0.3) is 0 Å². The largest absolute Gasteiger partial charge is 0.377 e. The highest BCUT2D eigenvalue weighted by Crippen LogP contribution is 2.54. The maximum absolute atomic E-state index is 6.18.